The van der Waals surface area contributed by atoms with Gasteiger partial charge in [0.15, 0.2) is 0 Å². The van der Waals surface area contributed by atoms with Crippen molar-refractivity contribution in [2.75, 3.05) is 0 Å². The second-order valence-corrected chi connectivity index (χ2v) is 10.0. The fourth-order valence-corrected chi connectivity index (χ4v) is 4.98. The summed E-state index contributed by atoms with van der Waals surface area (Å²) in [5, 5.41) is 21.1. The highest BCUT2D eigenvalue weighted by Crippen LogP contribution is 2.44. The van der Waals surface area contributed by atoms with Crippen molar-refractivity contribution in [1.29, 1.82) is 0 Å². The molecular formula is C27H39BO8. The van der Waals surface area contributed by atoms with Gasteiger partial charge in [-0.2, -0.15) is 0 Å². The molecule has 9 heteroatoms. The molecule has 2 unspecified atom stereocenters. The van der Waals surface area contributed by atoms with E-state index in [1.165, 1.54) is 6.92 Å². The number of aliphatic hydroxyl groups excluding tert-OH is 1. The second-order valence-electron chi connectivity index (χ2n) is 10.0. The van der Waals surface area contributed by atoms with Crippen LogP contribution >= 0.6 is 0 Å². The van der Waals surface area contributed by atoms with Crippen molar-refractivity contribution in [2.24, 2.45) is 0 Å². The number of aliphatic hydroxyl groups is 1. The molecule has 1 saturated carbocycles. The van der Waals surface area contributed by atoms with Gasteiger partial charge in [-0.3, -0.25) is 0 Å². The molecular weight excluding hydrogens is 463 g/mol. The maximum absolute atomic E-state index is 12.1. The van der Waals surface area contributed by atoms with Gasteiger partial charge in [0.25, 0.3) is 0 Å². The number of hydrogen-bond donors (Lipinski definition) is 2. The standard InChI is InChI=1S/C27H39BO8/c1-17-13-14-24(19(3)33-20(4)34-27(31)35-23-11-6-5-7-12-23)26-25(17)16-21(28(32)36-26)15-22(30)10-8-9-18(2)29/h14,20-23,30,32H,1,3,5-13,15-16H2,2,4H3/t20?,21-,22?/m0/s1. The summed E-state index contributed by atoms with van der Waals surface area (Å²) in [7, 11) is -1.12. The molecule has 0 bridgehead atoms. The molecule has 36 heavy (non-hydrogen) atoms. The summed E-state index contributed by atoms with van der Waals surface area (Å²) >= 11 is 0. The first-order valence-corrected chi connectivity index (χ1v) is 13.0. The Morgan fingerprint density at radius 1 is 1.25 bits per heavy atom. The Hall–Kier alpha value is -2.52. The molecule has 0 saturated heterocycles. The number of allylic oxidation sites excluding steroid dienone is 3. The molecule has 0 aromatic heterocycles. The Balaban J connectivity index is 1.56. The summed E-state index contributed by atoms with van der Waals surface area (Å²) in [6.45, 7) is 11.2. The first-order valence-electron chi connectivity index (χ1n) is 13.0. The predicted octanol–water partition coefficient (Wildman–Crippen LogP) is 5.27. The molecule has 2 aliphatic carbocycles. The maximum Gasteiger partial charge on any atom is 0.526 e. The Bertz CT molecular complexity index is 901. The number of ketones is 1. The van der Waals surface area contributed by atoms with E-state index in [4.69, 9.17) is 18.9 Å². The van der Waals surface area contributed by atoms with E-state index in [0.717, 1.165) is 43.3 Å². The van der Waals surface area contributed by atoms with Crippen LogP contribution in [0.1, 0.15) is 84.5 Å². The molecule has 3 aliphatic rings. The molecule has 1 aliphatic heterocycles. The van der Waals surface area contributed by atoms with E-state index in [2.05, 4.69) is 13.2 Å². The number of hydrogen-bond acceptors (Lipinski definition) is 8. The zero-order valence-electron chi connectivity index (χ0n) is 21.5. The van der Waals surface area contributed by atoms with Crippen LogP contribution in [0.3, 0.4) is 0 Å². The normalized spacial score (nSPS) is 22.1. The van der Waals surface area contributed by atoms with Gasteiger partial charge in [0.05, 0.1) is 11.7 Å². The van der Waals surface area contributed by atoms with Gasteiger partial charge in [-0.1, -0.05) is 25.7 Å². The van der Waals surface area contributed by atoms with Crippen molar-refractivity contribution in [2.45, 2.75) is 109 Å². The van der Waals surface area contributed by atoms with Crippen molar-refractivity contribution >= 4 is 19.1 Å². The molecule has 0 aromatic rings. The minimum absolute atomic E-state index is 0.0964. The van der Waals surface area contributed by atoms with Gasteiger partial charge >= 0.3 is 13.3 Å². The van der Waals surface area contributed by atoms with Gasteiger partial charge in [-0.25, -0.2) is 4.79 Å². The summed E-state index contributed by atoms with van der Waals surface area (Å²) in [6.07, 6.45) is 7.32. The lowest BCUT2D eigenvalue weighted by Crippen LogP contribution is -2.34. The van der Waals surface area contributed by atoms with Crippen LogP contribution in [0, 0.1) is 0 Å². The van der Waals surface area contributed by atoms with Crippen LogP contribution in [0.5, 0.6) is 0 Å². The maximum atomic E-state index is 12.1. The van der Waals surface area contributed by atoms with Crippen LogP contribution < -0.4 is 0 Å². The highest BCUT2D eigenvalue weighted by atomic mass is 16.8. The molecule has 198 valence electrons. The third kappa shape index (κ3) is 8.00. The van der Waals surface area contributed by atoms with Crippen molar-refractivity contribution in [3.05, 3.63) is 47.5 Å². The van der Waals surface area contributed by atoms with Crippen molar-refractivity contribution in [3.63, 3.8) is 0 Å². The Labute approximate surface area is 214 Å². The van der Waals surface area contributed by atoms with Crippen molar-refractivity contribution in [1.82, 2.24) is 0 Å². The Morgan fingerprint density at radius 2 is 1.97 bits per heavy atom. The lowest BCUT2D eigenvalue weighted by atomic mass is 9.62. The fraction of sp³-hybridized carbons (Fsp3) is 0.630. The van der Waals surface area contributed by atoms with E-state index >= 15 is 0 Å². The third-order valence-corrected chi connectivity index (χ3v) is 6.93. The van der Waals surface area contributed by atoms with E-state index in [0.29, 0.717) is 49.9 Å². The molecule has 0 amide bonds. The third-order valence-electron chi connectivity index (χ3n) is 6.93. The molecule has 8 nitrogen and oxygen atoms in total. The van der Waals surface area contributed by atoms with Crippen LogP contribution in [0.2, 0.25) is 5.82 Å². The summed E-state index contributed by atoms with van der Waals surface area (Å²) in [5.74, 6) is 0.489. The number of carbonyl (C=O) groups excluding carboxylic acids is 2. The molecule has 0 radical (unpaired) electrons. The number of Topliss-reactive ketones (excluding diaryl/α,β-unsaturated/α-hetero) is 1. The second kappa shape index (κ2) is 13.2. The minimum Gasteiger partial charge on any atom is -0.535 e. The van der Waals surface area contributed by atoms with E-state index in [1.807, 2.05) is 6.08 Å². The van der Waals surface area contributed by atoms with Crippen LogP contribution in [0.4, 0.5) is 4.79 Å². The first-order chi connectivity index (χ1) is 17.1. The highest BCUT2D eigenvalue weighted by molar-refractivity contribution is 6.45. The molecule has 0 spiro atoms. The van der Waals surface area contributed by atoms with E-state index < -0.39 is 25.7 Å². The molecule has 0 aromatic carbocycles. The molecule has 3 atom stereocenters. The molecule has 3 rings (SSSR count). The first kappa shape index (κ1) is 28.1. The lowest BCUT2D eigenvalue weighted by molar-refractivity contribution is -0.117. The lowest BCUT2D eigenvalue weighted by Gasteiger charge is -2.35. The van der Waals surface area contributed by atoms with Gasteiger partial charge < -0.3 is 33.8 Å². The minimum atomic E-state index is -1.12. The van der Waals surface area contributed by atoms with Crippen molar-refractivity contribution < 1.29 is 38.6 Å². The topological polar surface area (TPSA) is 112 Å². The smallest absolute Gasteiger partial charge is 0.526 e. The van der Waals surface area contributed by atoms with Crippen LogP contribution in [-0.4, -0.2) is 47.7 Å². The predicted molar refractivity (Wildman–Crippen MR) is 136 cm³/mol. The Morgan fingerprint density at radius 3 is 2.67 bits per heavy atom. The summed E-state index contributed by atoms with van der Waals surface area (Å²) < 4.78 is 22.3. The van der Waals surface area contributed by atoms with Gasteiger partial charge in [-0.15, -0.1) is 0 Å². The van der Waals surface area contributed by atoms with Crippen LogP contribution in [0.25, 0.3) is 0 Å². The largest absolute Gasteiger partial charge is 0.535 e. The summed E-state index contributed by atoms with van der Waals surface area (Å²) in [6, 6.07) is 0. The summed E-state index contributed by atoms with van der Waals surface area (Å²) in [4.78, 5) is 23.3. The number of rotatable bonds is 11. The average Bonchev–Trinajstić information content (AvgIpc) is 2.80. The zero-order chi connectivity index (χ0) is 26.2. The SMILES string of the molecule is C=C1CC=C(C(=C)OC(C)OC(=O)OC2CCCCC2)C2=C1C[C@H](CC(O)CCCC(C)=O)B(O)O2. The number of carbonyl (C=O) groups is 2. The van der Waals surface area contributed by atoms with Gasteiger partial charge in [0, 0.05) is 19.2 Å². The van der Waals surface area contributed by atoms with E-state index in [-0.39, 0.29) is 23.5 Å². The quantitative estimate of drug-likeness (QED) is 0.170. The van der Waals surface area contributed by atoms with E-state index in [9.17, 15) is 19.7 Å². The monoisotopic (exact) mass is 502 g/mol. The molecule has 2 N–H and O–H groups in total. The summed E-state index contributed by atoms with van der Waals surface area (Å²) in [5.41, 5.74) is 2.30. The van der Waals surface area contributed by atoms with Crippen LogP contribution in [0.15, 0.2) is 47.5 Å². The highest BCUT2D eigenvalue weighted by Gasteiger charge is 2.40. The number of ether oxygens (including phenoxy) is 3. The average molecular weight is 502 g/mol. The zero-order valence-corrected chi connectivity index (χ0v) is 21.5. The fourth-order valence-electron chi connectivity index (χ4n) is 4.98. The van der Waals surface area contributed by atoms with E-state index in [1.54, 1.807) is 6.92 Å². The van der Waals surface area contributed by atoms with Gasteiger partial charge in [0.1, 0.15) is 23.4 Å². The Kier molecular flexibility index (Phi) is 10.3. The molecule has 1 heterocycles. The van der Waals surface area contributed by atoms with Gasteiger partial charge in [-0.05, 0) is 75.9 Å². The van der Waals surface area contributed by atoms with Gasteiger partial charge in [0.2, 0.25) is 6.29 Å². The van der Waals surface area contributed by atoms with Crippen LogP contribution in [-0.2, 0) is 23.7 Å². The van der Waals surface area contributed by atoms with Crippen molar-refractivity contribution in [3.8, 4) is 0 Å². The molecule has 1 fully saturated rings.